The molecule has 0 unspecified atom stereocenters. The van der Waals surface area contributed by atoms with Crippen LogP contribution in [0.5, 0.6) is 5.75 Å². The number of methoxy groups -OCH3 is 1. The maximum absolute atomic E-state index is 13.6. The highest BCUT2D eigenvalue weighted by Gasteiger charge is 2.32. The van der Waals surface area contributed by atoms with E-state index in [4.69, 9.17) is 9.47 Å². The summed E-state index contributed by atoms with van der Waals surface area (Å²) in [7, 11) is 1.53. The molecule has 0 bridgehead atoms. The number of hydrogen-bond donors (Lipinski definition) is 0. The van der Waals surface area contributed by atoms with Gasteiger partial charge in [0, 0.05) is 13.1 Å². The quantitative estimate of drug-likeness (QED) is 0.452. The Morgan fingerprint density at radius 2 is 1.86 bits per heavy atom. The zero-order valence-corrected chi connectivity index (χ0v) is 21.2. The van der Waals surface area contributed by atoms with Crippen LogP contribution in [0.25, 0.3) is 5.69 Å². The summed E-state index contributed by atoms with van der Waals surface area (Å²) in [4.78, 5) is 54.2. The third kappa shape index (κ3) is 5.63. The zero-order valence-electron chi connectivity index (χ0n) is 21.2. The summed E-state index contributed by atoms with van der Waals surface area (Å²) in [5, 5.41) is 4.23. The van der Waals surface area contributed by atoms with E-state index in [1.807, 2.05) is 19.1 Å². The lowest BCUT2D eigenvalue weighted by Crippen LogP contribution is -2.49. The maximum atomic E-state index is 13.6. The van der Waals surface area contributed by atoms with Gasteiger partial charge in [0.15, 0.2) is 0 Å². The fourth-order valence-electron chi connectivity index (χ4n) is 4.36. The van der Waals surface area contributed by atoms with Crippen LogP contribution in [-0.2, 0) is 16.1 Å². The largest absolute Gasteiger partial charge is 0.497 e. The molecular formula is C27H30N4O6. The number of carbonyl (C=O) groups excluding carboxylic acids is 2. The van der Waals surface area contributed by atoms with Crippen molar-refractivity contribution in [3.05, 3.63) is 86.2 Å². The van der Waals surface area contributed by atoms with Crippen molar-refractivity contribution in [1.29, 1.82) is 0 Å². The molecule has 10 heteroatoms. The first-order valence-electron chi connectivity index (χ1n) is 12.2. The van der Waals surface area contributed by atoms with E-state index in [0.29, 0.717) is 36.4 Å². The van der Waals surface area contributed by atoms with Crippen LogP contribution in [0, 0.1) is 12.8 Å². The Labute approximate surface area is 214 Å². The Hall–Kier alpha value is -4.21. The van der Waals surface area contributed by atoms with Gasteiger partial charge in [-0.2, -0.15) is 9.78 Å². The average Bonchev–Trinajstić information content (AvgIpc) is 2.92. The van der Waals surface area contributed by atoms with Crippen molar-refractivity contribution in [2.45, 2.75) is 33.2 Å². The van der Waals surface area contributed by atoms with Crippen LogP contribution in [0.1, 0.15) is 41.4 Å². The molecule has 1 aromatic heterocycles. The number of esters is 1. The lowest BCUT2D eigenvalue weighted by atomic mass is 9.98. The van der Waals surface area contributed by atoms with Crippen molar-refractivity contribution in [3.63, 3.8) is 0 Å². The molecule has 2 heterocycles. The second kappa shape index (κ2) is 11.2. The Morgan fingerprint density at radius 3 is 2.57 bits per heavy atom. The number of amides is 1. The predicted molar refractivity (Wildman–Crippen MR) is 136 cm³/mol. The van der Waals surface area contributed by atoms with Gasteiger partial charge in [0.25, 0.3) is 11.5 Å². The number of likely N-dealkylation sites (tertiary alicyclic amines) is 1. The lowest BCUT2D eigenvalue weighted by molar-refractivity contribution is -0.149. The molecule has 0 spiro atoms. The van der Waals surface area contributed by atoms with Gasteiger partial charge in [-0.1, -0.05) is 29.8 Å². The lowest BCUT2D eigenvalue weighted by Gasteiger charge is -2.31. The van der Waals surface area contributed by atoms with Gasteiger partial charge in [0.05, 0.1) is 31.9 Å². The predicted octanol–water partition coefficient (Wildman–Crippen LogP) is 2.17. The Morgan fingerprint density at radius 1 is 1.11 bits per heavy atom. The number of ether oxygens (including phenoxy) is 2. The summed E-state index contributed by atoms with van der Waals surface area (Å²) < 4.78 is 12.5. The van der Waals surface area contributed by atoms with Crippen LogP contribution in [0.4, 0.5) is 0 Å². The Kier molecular flexibility index (Phi) is 7.86. The second-order valence-corrected chi connectivity index (χ2v) is 8.96. The van der Waals surface area contributed by atoms with Crippen molar-refractivity contribution < 1.29 is 19.1 Å². The first kappa shape index (κ1) is 25.9. The summed E-state index contributed by atoms with van der Waals surface area (Å²) in [6.07, 6.45) is 1.18. The molecule has 1 amide bonds. The van der Waals surface area contributed by atoms with E-state index in [2.05, 4.69) is 5.10 Å². The summed E-state index contributed by atoms with van der Waals surface area (Å²) >= 11 is 0. The van der Waals surface area contributed by atoms with E-state index in [0.717, 1.165) is 14.8 Å². The molecule has 3 aromatic rings. The number of hydrogen-bond acceptors (Lipinski definition) is 7. The first-order chi connectivity index (χ1) is 17.8. The summed E-state index contributed by atoms with van der Waals surface area (Å²) in [6, 6.07) is 14.0. The molecule has 1 fully saturated rings. The highest BCUT2D eigenvalue weighted by atomic mass is 16.5. The van der Waals surface area contributed by atoms with E-state index in [-0.39, 0.29) is 31.4 Å². The van der Waals surface area contributed by atoms with Gasteiger partial charge in [-0.15, -0.1) is 0 Å². The third-order valence-corrected chi connectivity index (χ3v) is 6.34. The number of aromatic nitrogens is 3. The number of aryl methyl sites for hydroxylation is 1. The van der Waals surface area contributed by atoms with Crippen molar-refractivity contribution in [3.8, 4) is 11.4 Å². The van der Waals surface area contributed by atoms with Gasteiger partial charge in [0.1, 0.15) is 5.75 Å². The molecule has 37 heavy (non-hydrogen) atoms. The molecule has 0 saturated carbocycles. The fraction of sp³-hybridized carbons (Fsp3) is 0.370. The first-order valence-corrected chi connectivity index (χ1v) is 12.2. The molecule has 10 nitrogen and oxygen atoms in total. The zero-order chi connectivity index (χ0) is 26.5. The molecule has 0 N–H and O–H groups in total. The minimum Gasteiger partial charge on any atom is -0.497 e. The third-order valence-electron chi connectivity index (χ3n) is 6.34. The highest BCUT2D eigenvalue weighted by Crippen LogP contribution is 2.19. The fourth-order valence-corrected chi connectivity index (χ4v) is 4.36. The van der Waals surface area contributed by atoms with Gasteiger partial charge >= 0.3 is 11.7 Å². The topological polar surface area (TPSA) is 113 Å². The minimum atomic E-state index is -0.792. The molecule has 1 atom stereocenters. The van der Waals surface area contributed by atoms with Gasteiger partial charge < -0.3 is 14.4 Å². The smallest absolute Gasteiger partial charge is 0.352 e. The highest BCUT2D eigenvalue weighted by molar-refractivity contribution is 5.92. The standard InChI is InChI=1S/C27H30N4O6/c1-4-37-26(34)20-8-6-14-29(17-20)24(32)23-25(33)30(16-19-7-5-9-22(15-19)36-3)27(35)31(28-23)21-12-10-18(2)11-13-21/h5,7,9-13,15,20H,4,6,8,14,16-17H2,1-3H3/t20-/m1/s1. The number of rotatable bonds is 7. The normalized spacial score (nSPS) is 15.3. The molecule has 2 aromatic carbocycles. The van der Waals surface area contributed by atoms with Crippen LogP contribution in [0.2, 0.25) is 0 Å². The van der Waals surface area contributed by atoms with Crippen LogP contribution < -0.4 is 16.0 Å². The van der Waals surface area contributed by atoms with Crippen LogP contribution in [0.15, 0.2) is 58.1 Å². The van der Waals surface area contributed by atoms with Crippen molar-refractivity contribution in [2.75, 3.05) is 26.8 Å². The van der Waals surface area contributed by atoms with E-state index >= 15 is 0 Å². The molecule has 4 rings (SSSR count). The molecule has 0 radical (unpaired) electrons. The minimum absolute atomic E-state index is 0.0744. The molecule has 1 saturated heterocycles. The van der Waals surface area contributed by atoms with Crippen molar-refractivity contribution in [2.24, 2.45) is 5.92 Å². The maximum Gasteiger partial charge on any atom is 0.352 e. The van der Waals surface area contributed by atoms with Crippen molar-refractivity contribution >= 4 is 11.9 Å². The van der Waals surface area contributed by atoms with E-state index in [1.54, 1.807) is 43.3 Å². The van der Waals surface area contributed by atoms with E-state index in [9.17, 15) is 19.2 Å². The summed E-state index contributed by atoms with van der Waals surface area (Å²) in [5.41, 5.74) is 0.213. The van der Waals surface area contributed by atoms with E-state index in [1.165, 1.54) is 12.0 Å². The second-order valence-electron chi connectivity index (χ2n) is 8.96. The monoisotopic (exact) mass is 506 g/mol. The van der Waals surface area contributed by atoms with Gasteiger partial charge in [-0.25, -0.2) is 4.79 Å². The molecule has 0 aliphatic carbocycles. The van der Waals surface area contributed by atoms with E-state index < -0.39 is 23.1 Å². The number of carbonyl (C=O) groups is 2. The summed E-state index contributed by atoms with van der Waals surface area (Å²) in [6.45, 7) is 4.31. The number of benzene rings is 2. The summed E-state index contributed by atoms with van der Waals surface area (Å²) in [5.74, 6) is -0.889. The molecule has 1 aliphatic heterocycles. The van der Waals surface area contributed by atoms with Crippen LogP contribution in [-0.4, -0.2) is 57.9 Å². The number of piperidine rings is 1. The molecule has 194 valence electrons. The van der Waals surface area contributed by atoms with Gasteiger partial charge in [0.2, 0.25) is 5.69 Å². The molecule has 1 aliphatic rings. The average molecular weight is 507 g/mol. The SMILES string of the molecule is CCOC(=O)[C@@H]1CCCN(C(=O)c2nn(-c3ccc(C)cc3)c(=O)n(Cc3cccc(OC)c3)c2=O)C1. The number of nitrogens with zero attached hydrogens (tertiary/aromatic N) is 4. The van der Waals surface area contributed by atoms with Crippen molar-refractivity contribution in [1.82, 2.24) is 19.2 Å². The van der Waals surface area contributed by atoms with Gasteiger partial charge in [-0.3, -0.25) is 19.0 Å². The van der Waals surface area contributed by atoms with Gasteiger partial charge in [-0.05, 0) is 56.5 Å². The van der Waals surface area contributed by atoms with Crippen LogP contribution in [0.3, 0.4) is 0 Å². The van der Waals surface area contributed by atoms with Crippen LogP contribution >= 0.6 is 0 Å². The molecular weight excluding hydrogens is 476 g/mol. The Balaban J connectivity index is 1.78. The Bertz CT molecular complexity index is 1410.